The van der Waals surface area contributed by atoms with Gasteiger partial charge in [0.25, 0.3) is 0 Å². The van der Waals surface area contributed by atoms with Crippen LogP contribution < -0.4 is 0 Å². The van der Waals surface area contributed by atoms with Gasteiger partial charge < -0.3 is 26.5 Å². The van der Waals surface area contributed by atoms with E-state index in [1.54, 1.807) is 7.11 Å². The molecule has 0 aliphatic carbocycles. The second-order valence-corrected chi connectivity index (χ2v) is 4.32. The van der Waals surface area contributed by atoms with Crippen molar-refractivity contribution in [2.24, 2.45) is 0 Å². The highest BCUT2D eigenvalue weighted by Crippen LogP contribution is 2.09. The van der Waals surface area contributed by atoms with E-state index in [9.17, 15) is 17.3 Å². The molecule has 0 spiro atoms. The van der Waals surface area contributed by atoms with Crippen LogP contribution in [0, 0.1) is 0 Å². The van der Waals surface area contributed by atoms with Gasteiger partial charge in [0.15, 0.2) is 0 Å². The molecule has 0 atom stereocenters. The third-order valence-corrected chi connectivity index (χ3v) is 2.84. The van der Waals surface area contributed by atoms with Crippen LogP contribution in [0.1, 0.15) is 33.6 Å². The molecule has 0 aromatic rings. The predicted octanol–water partition coefficient (Wildman–Crippen LogP) is 3.59. The van der Waals surface area contributed by atoms with E-state index in [1.165, 1.54) is 43.5 Å². The number of methoxy groups -OCH3 is 1. The topological polar surface area (TPSA) is 9.23 Å². The fraction of sp³-hybridized carbons (Fsp3) is 1.00. The third-order valence-electron chi connectivity index (χ3n) is 2.84. The molecular formula is C11H26BF4NO. The summed E-state index contributed by atoms with van der Waals surface area (Å²) in [6.45, 7) is 12.7. The lowest BCUT2D eigenvalue weighted by Gasteiger charge is -2.37. The van der Waals surface area contributed by atoms with Crippen molar-refractivity contribution in [3.8, 4) is 0 Å². The Labute approximate surface area is 108 Å². The van der Waals surface area contributed by atoms with Gasteiger partial charge >= 0.3 is 7.25 Å². The molecule has 0 unspecified atom stereocenters. The Morgan fingerprint density at radius 1 is 0.889 bits per heavy atom. The summed E-state index contributed by atoms with van der Waals surface area (Å²) in [4.78, 5) is 0. The van der Waals surface area contributed by atoms with Gasteiger partial charge in [0.1, 0.15) is 6.54 Å². The Balaban J connectivity index is 0. The minimum atomic E-state index is -6.00. The number of rotatable bonds is 8. The zero-order valence-corrected chi connectivity index (χ0v) is 11.9. The third kappa shape index (κ3) is 13.8. The maximum absolute atomic E-state index is 9.75. The van der Waals surface area contributed by atoms with Crippen LogP contribution in [-0.4, -0.2) is 51.6 Å². The first kappa shape index (κ1) is 20.0. The van der Waals surface area contributed by atoms with Gasteiger partial charge in [0.05, 0.1) is 26.2 Å². The lowest BCUT2D eigenvalue weighted by atomic mass is 10.2. The molecule has 0 radical (unpaired) electrons. The summed E-state index contributed by atoms with van der Waals surface area (Å²) in [5, 5.41) is 0. The molecule has 0 amide bonds. The maximum atomic E-state index is 9.75. The van der Waals surface area contributed by atoms with E-state index in [0.717, 1.165) is 6.61 Å². The summed E-state index contributed by atoms with van der Waals surface area (Å²) in [6.07, 6.45) is 2.55. The predicted molar refractivity (Wildman–Crippen MR) is 68.0 cm³/mol. The van der Waals surface area contributed by atoms with Crippen LogP contribution in [0.25, 0.3) is 0 Å². The van der Waals surface area contributed by atoms with Crippen LogP contribution in [-0.2, 0) is 4.74 Å². The van der Waals surface area contributed by atoms with Gasteiger partial charge in [-0.05, 0) is 19.8 Å². The average Bonchev–Trinajstić information content (AvgIpc) is 2.24. The van der Waals surface area contributed by atoms with Crippen LogP contribution in [0.3, 0.4) is 0 Å². The van der Waals surface area contributed by atoms with Gasteiger partial charge in [-0.15, -0.1) is 0 Å². The SMILES string of the molecule is CCC[N+](CC)(CCC)CCOC.F[B-](F)(F)F. The van der Waals surface area contributed by atoms with Gasteiger partial charge in [-0.3, -0.25) is 0 Å². The van der Waals surface area contributed by atoms with E-state index in [1.807, 2.05) is 0 Å². The van der Waals surface area contributed by atoms with E-state index in [4.69, 9.17) is 4.74 Å². The highest BCUT2D eigenvalue weighted by Gasteiger charge is 2.22. The summed E-state index contributed by atoms with van der Waals surface area (Å²) in [5.74, 6) is 0. The molecule has 18 heavy (non-hydrogen) atoms. The Morgan fingerprint density at radius 3 is 1.50 bits per heavy atom. The first-order valence-electron chi connectivity index (χ1n) is 6.46. The molecule has 0 saturated heterocycles. The molecule has 0 N–H and O–H groups in total. The van der Waals surface area contributed by atoms with Crippen molar-refractivity contribution >= 4 is 7.25 Å². The van der Waals surface area contributed by atoms with E-state index in [-0.39, 0.29) is 0 Å². The first-order chi connectivity index (χ1) is 8.24. The monoisotopic (exact) mass is 275 g/mol. The fourth-order valence-corrected chi connectivity index (χ4v) is 2.04. The number of quaternary nitrogens is 1. The molecule has 0 aliphatic heterocycles. The molecular weight excluding hydrogens is 249 g/mol. The van der Waals surface area contributed by atoms with Crippen LogP contribution in [0.4, 0.5) is 17.3 Å². The Bertz CT molecular complexity index is 178. The van der Waals surface area contributed by atoms with E-state index in [2.05, 4.69) is 20.8 Å². The smallest absolute Gasteiger partial charge is 0.418 e. The molecule has 2 nitrogen and oxygen atoms in total. The number of ether oxygens (including phenoxy) is 1. The summed E-state index contributed by atoms with van der Waals surface area (Å²) in [7, 11) is -4.21. The van der Waals surface area contributed by atoms with Gasteiger partial charge in [0, 0.05) is 7.11 Å². The molecule has 112 valence electrons. The van der Waals surface area contributed by atoms with Crippen LogP contribution in [0.15, 0.2) is 0 Å². The number of nitrogens with zero attached hydrogens (tertiary/aromatic N) is 1. The van der Waals surface area contributed by atoms with Crippen molar-refractivity contribution in [3.05, 3.63) is 0 Å². The van der Waals surface area contributed by atoms with Crippen molar-refractivity contribution in [1.82, 2.24) is 0 Å². The second kappa shape index (κ2) is 10.6. The second-order valence-electron chi connectivity index (χ2n) is 4.32. The molecule has 0 fully saturated rings. The van der Waals surface area contributed by atoms with Crippen molar-refractivity contribution in [2.45, 2.75) is 33.6 Å². The number of hydrogen-bond acceptors (Lipinski definition) is 1. The zero-order chi connectivity index (χ0) is 14.7. The largest absolute Gasteiger partial charge is 0.673 e. The molecule has 0 aliphatic rings. The molecule has 0 heterocycles. The van der Waals surface area contributed by atoms with Crippen LogP contribution >= 0.6 is 0 Å². The summed E-state index contributed by atoms with van der Waals surface area (Å²) < 4.78 is 45.4. The molecule has 0 rings (SSSR count). The Morgan fingerprint density at radius 2 is 1.28 bits per heavy atom. The van der Waals surface area contributed by atoms with Gasteiger partial charge in [-0.1, -0.05) is 13.8 Å². The quantitative estimate of drug-likeness (QED) is 0.373. The Kier molecular flexibility index (Phi) is 11.8. The summed E-state index contributed by atoms with van der Waals surface area (Å²) in [5.41, 5.74) is 0. The molecule has 7 heteroatoms. The summed E-state index contributed by atoms with van der Waals surface area (Å²) >= 11 is 0. The molecule has 0 bridgehead atoms. The van der Waals surface area contributed by atoms with E-state index in [0.29, 0.717) is 0 Å². The zero-order valence-electron chi connectivity index (χ0n) is 11.9. The number of hydrogen-bond donors (Lipinski definition) is 0. The van der Waals surface area contributed by atoms with E-state index < -0.39 is 7.25 Å². The molecule has 0 aromatic heterocycles. The minimum Gasteiger partial charge on any atom is -0.418 e. The first-order valence-corrected chi connectivity index (χ1v) is 6.46. The standard InChI is InChI=1S/C11H26NO.BF4/c1-5-8-12(7-3,9-6-2)10-11-13-4;2-1(3,4)5/h5-11H2,1-4H3;/q+1;-1. The van der Waals surface area contributed by atoms with E-state index >= 15 is 0 Å². The highest BCUT2D eigenvalue weighted by molar-refractivity contribution is 6.50. The van der Waals surface area contributed by atoms with Gasteiger partial charge in [0.2, 0.25) is 0 Å². The Hall–Kier alpha value is -0.295. The van der Waals surface area contributed by atoms with Crippen molar-refractivity contribution < 1.29 is 26.5 Å². The lowest BCUT2D eigenvalue weighted by molar-refractivity contribution is -0.926. The highest BCUT2D eigenvalue weighted by atomic mass is 19.5. The number of likely N-dealkylation sites (N-methyl/N-ethyl adjacent to an activating group) is 1. The molecule has 0 aromatic carbocycles. The van der Waals surface area contributed by atoms with Crippen molar-refractivity contribution in [3.63, 3.8) is 0 Å². The number of halogens is 4. The normalized spacial score (nSPS) is 12.0. The van der Waals surface area contributed by atoms with Crippen LogP contribution in [0.5, 0.6) is 0 Å². The van der Waals surface area contributed by atoms with Gasteiger partial charge in [-0.25, -0.2) is 0 Å². The minimum absolute atomic E-state index is 0.897. The van der Waals surface area contributed by atoms with Gasteiger partial charge in [-0.2, -0.15) is 0 Å². The van der Waals surface area contributed by atoms with Crippen LogP contribution in [0.2, 0.25) is 0 Å². The fourth-order valence-electron chi connectivity index (χ4n) is 2.04. The lowest BCUT2D eigenvalue weighted by Crippen LogP contribution is -2.50. The van der Waals surface area contributed by atoms with Crippen molar-refractivity contribution in [1.29, 1.82) is 0 Å². The maximum Gasteiger partial charge on any atom is 0.673 e. The average molecular weight is 275 g/mol. The van der Waals surface area contributed by atoms with Crippen molar-refractivity contribution in [2.75, 3.05) is 39.9 Å². The summed E-state index contributed by atoms with van der Waals surface area (Å²) in [6, 6.07) is 0. The molecule has 0 saturated carbocycles.